The highest BCUT2D eigenvalue weighted by Crippen LogP contribution is 2.35. The van der Waals surface area contributed by atoms with Gasteiger partial charge in [0.2, 0.25) is 0 Å². The summed E-state index contributed by atoms with van der Waals surface area (Å²) in [6, 6.07) is 2.70. The van der Waals surface area contributed by atoms with E-state index in [-0.39, 0.29) is 0 Å². The minimum Gasteiger partial charge on any atom is -0.495 e. The zero-order valence-electron chi connectivity index (χ0n) is 9.54. The summed E-state index contributed by atoms with van der Waals surface area (Å²) in [5, 5.41) is 5.36. The molecule has 0 aliphatic rings. The Hall–Kier alpha value is -1.88. The lowest BCUT2D eigenvalue weighted by Crippen LogP contribution is -2.23. The molecule has 0 heterocycles. The van der Waals surface area contributed by atoms with E-state index in [9.17, 15) is 4.79 Å². The number of halogens is 1. The average Bonchev–Trinajstić information content (AvgIpc) is 2.31. The summed E-state index contributed by atoms with van der Waals surface area (Å²) in [7, 11) is 2.97. The van der Waals surface area contributed by atoms with Gasteiger partial charge < -0.3 is 20.1 Å². The van der Waals surface area contributed by atoms with Crippen LogP contribution in [0, 0.1) is 0 Å². The number of anilines is 1. The van der Waals surface area contributed by atoms with Crippen molar-refractivity contribution < 1.29 is 14.3 Å². The third kappa shape index (κ3) is 3.29. The van der Waals surface area contributed by atoms with Gasteiger partial charge in [-0.2, -0.15) is 0 Å². The van der Waals surface area contributed by atoms with Crippen LogP contribution in [-0.2, 0) is 0 Å². The molecule has 1 rings (SSSR count). The van der Waals surface area contributed by atoms with Crippen molar-refractivity contribution in [3.63, 3.8) is 0 Å². The minimum atomic E-state index is -0.428. The van der Waals surface area contributed by atoms with Crippen molar-refractivity contribution in [3.8, 4) is 11.5 Å². The number of rotatable bonds is 4. The SMILES string of the molecule is C=CNC(=O)Nc1cc(OC)c(Cl)cc1OC. The van der Waals surface area contributed by atoms with Gasteiger partial charge in [-0.05, 0) is 6.20 Å². The van der Waals surface area contributed by atoms with E-state index in [2.05, 4.69) is 17.2 Å². The Morgan fingerprint density at radius 3 is 2.53 bits per heavy atom. The first-order valence-corrected chi connectivity index (χ1v) is 5.10. The number of methoxy groups -OCH3 is 2. The van der Waals surface area contributed by atoms with E-state index in [0.717, 1.165) is 0 Å². The van der Waals surface area contributed by atoms with Crippen molar-refractivity contribution in [2.45, 2.75) is 0 Å². The number of hydrogen-bond acceptors (Lipinski definition) is 3. The van der Waals surface area contributed by atoms with E-state index in [4.69, 9.17) is 21.1 Å². The number of benzene rings is 1. The fourth-order valence-electron chi connectivity index (χ4n) is 1.21. The number of urea groups is 1. The smallest absolute Gasteiger partial charge is 0.323 e. The van der Waals surface area contributed by atoms with Gasteiger partial charge in [-0.1, -0.05) is 18.2 Å². The number of nitrogens with one attached hydrogen (secondary N) is 2. The summed E-state index contributed by atoms with van der Waals surface area (Å²) in [6.07, 6.45) is 1.27. The molecule has 0 aliphatic heterocycles. The van der Waals surface area contributed by atoms with Crippen LogP contribution in [0.25, 0.3) is 0 Å². The van der Waals surface area contributed by atoms with Crippen molar-refractivity contribution in [2.75, 3.05) is 19.5 Å². The van der Waals surface area contributed by atoms with Crippen molar-refractivity contribution in [2.24, 2.45) is 0 Å². The second kappa shape index (κ2) is 6.00. The van der Waals surface area contributed by atoms with Crippen LogP contribution >= 0.6 is 11.6 Å². The molecule has 2 N–H and O–H groups in total. The third-order valence-corrected chi connectivity index (χ3v) is 2.25. The monoisotopic (exact) mass is 256 g/mol. The maximum absolute atomic E-state index is 11.3. The summed E-state index contributed by atoms with van der Waals surface area (Å²) in [4.78, 5) is 11.3. The molecule has 0 radical (unpaired) electrons. The predicted molar refractivity (Wildman–Crippen MR) is 66.9 cm³/mol. The molecule has 0 unspecified atom stereocenters. The van der Waals surface area contributed by atoms with Gasteiger partial charge in [-0.15, -0.1) is 0 Å². The second-order valence-electron chi connectivity index (χ2n) is 2.99. The summed E-state index contributed by atoms with van der Waals surface area (Å²) in [5.74, 6) is 0.886. The van der Waals surface area contributed by atoms with Crippen molar-refractivity contribution >= 4 is 23.3 Å². The zero-order valence-corrected chi connectivity index (χ0v) is 10.3. The molecule has 6 heteroatoms. The maximum Gasteiger partial charge on any atom is 0.323 e. The Bertz CT molecular complexity index is 435. The molecular formula is C11H13ClN2O3. The number of carbonyl (C=O) groups is 1. The first-order chi connectivity index (χ1) is 8.12. The van der Waals surface area contributed by atoms with Crippen LogP contribution in [0.1, 0.15) is 0 Å². The number of ether oxygens (including phenoxy) is 2. The van der Waals surface area contributed by atoms with Gasteiger partial charge in [-0.25, -0.2) is 4.79 Å². The molecule has 92 valence electrons. The van der Waals surface area contributed by atoms with Crippen LogP contribution < -0.4 is 20.1 Å². The highest BCUT2D eigenvalue weighted by molar-refractivity contribution is 6.32. The Labute approximate surface area is 104 Å². The standard InChI is InChI=1S/C11H13ClN2O3/c1-4-13-11(15)14-8-6-9(16-2)7(12)5-10(8)17-3/h4-6H,1H2,2-3H3,(H2,13,14,15). The van der Waals surface area contributed by atoms with Crippen molar-refractivity contribution in [1.82, 2.24) is 5.32 Å². The lowest BCUT2D eigenvalue weighted by Gasteiger charge is -2.12. The Morgan fingerprint density at radius 2 is 2.00 bits per heavy atom. The molecule has 0 aromatic heterocycles. The Kier molecular flexibility index (Phi) is 4.66. The molecule has 2 amide bonds. The molecule has 0 saturated heterocycles. The van der Waals surface area contributed by atoms with Crippen molar-refractivity contribution in [3.05, 3.63) is 29.9 Å². The molecule has 0 spiro atoms. The van der Waals surface area contributed by atoms with E-state index >= 15 is 0 Å². The van der Waals surface area contributed by atoms with Crippen LogP contribution in [0.3, 0.4) is 0 Å². The van der Waals surface area contributed by atoms with E-state index in [1.165, 1.54) is 20.4 Å². The van der Waals surface area contributed by atoms with Gasteiger partial charge in [0.15, 0.2) is 0 Å². The summed E-state index contributed by atoms with van der Waals surface area (Å²) < 4.78 is 10.1. The Morgan fingerprint density at radius 1 is 1.35 bits per heavy atom. The van der Waals surface area contributed by atoms with Crippen LogP contribution in [-0.4, -0.2) is 20.3 Å². The quantitative estimate of drug-likeness (QED) is 0.871. The average molecular weight is 257 g/mol. The first kappa shape index (κ1) is 13.2. The molecule has 1 aromatic carbocycles. The number of hydrogen-bond donors (Lipinski definition) is 2. The summed E-state index contributed by atoms with van der Waals surface area (Å²) in [5.41, 5.74) is 0.452. The van der Waals surface area contributed by atoms with Gasteiger partial charge in [0.1, 0.15) is 11.5 Å². The molecule has 5 nitrogen and oxygen atoms in total. The summed E-state index contributed by atoms with van der Waals surface area (Å²) >= 11 is 5.93. The molecule has 0 fully saturated rings. The lowest BCUT2D eigenvalue weighted by molar-refractivity contribution is 0.255. The number of amides is 2. The van der Waals surface area contributed by atoms with Crippen LogP contribution in [0.2, 0.25) is 5.02 Å². The number of carbonyl (C=O) groups excluding carboxylic acids is 1. The van der Waals surface area contributed by atoms with Crippen LogP contribution in [0.4, 0.5) is 10.5 Å². The molecule has 0 bridgehead atoms. The third-order valence-electron chi connectivity index (χ3n) is 1.96. The van der Waals surface area contributed by atoms with E-state index in [0.29, 0.717) is 22.2 Å². The first-order valence-electron chi connectivity index (χ1n) is 4.72. The van der Waals surface area contributed by atoms with Crippen LogP contribution in [0.15, 0.2) is 24.9 Å². The Balaban J connectivity index is 3.03. The highest BCUT2D eigenvalue weighted by atomic mass is 35.5. The molecule has 17 heavy (non-hydrogen) atoms. The normalized spacial score (nSPS) is 9.35. The fraction of sp³-hybridized carbons (Fsp3) is 0.182. The molecule has 0 saturated carbocycles. The van der Waals surface area contributed by atoms with E-state index in [1.54, 1.807) is 12.1 Å². The largest absolute Gasteiger partial charge is 0.495 e. The van der Waals surface area contributed by atoms with E-state index in [1.807, 2.05) is 0 Å². The van der Waals surface area contributed by atoms with Crippen LogP contribution in [0.5, 0.6) is 11.5 Å². The lowest BCUT2D eigenvalue weighted by atomic mass is 10.2. The molecular weight excluding hydrogens is 244 g/mol. The van der Waals surface area contributed by atoms with Gasteiger partial charge in [0, 0.05) is 12.1 Å². The molecule has 0 aliphatic carbocycles. The van der Waals surface area contributed by atoms with Crippen molar-refractivity contribution in [1.29, 1.82) is 0 Å². The fourth-order valence-corrected chi connectivity index (χ4v) is 1.44. The highest BCUT2D eigenvalue weighted by Gasteiger charge is 2.11. The minimum absolute atomic E-state index is 0.402. The van der Waals surface area contributed by atoms with E-state index < -0.39 is 6.03 Å². The van der Waals surface area contributed by atoms with Gasteiger partial charge >= 0.3 is 6.03 Å². The zero-order chi connectivity index (χ0) is 12.8. The maximum atomic E-state index is 11.3. The van der Waals surface area contributed by atoms with Gasteiger partial charge in [0.25, 0.3) is 0 Å². The second-order valence-corrected chi connectivity index (χ2v) is 3.40. The van der Waals surface area contributed by atoms with Gasteiger partial charge in [0.05, 0.1) is 24.9 Å². The molecule has 1 aromatic rings. The summed E-state index contributed by atoms with van der Waals surface area (Å²) in [6.45, 7) is 3.38. The predicted octanol–water partition coefficient (Wildman–Crippen LogP) is 2.62. The van der Waals surface area contributed by atoms with Gasteiger partial charge in [-0.3, -0.25) is 0 Å². The molecule has 0 atom stereocenters. The topological polar surface area (TPSA) is 59.6 Å².